The van der Waals surface area contributed by atoms with Crippen LogP contribution in [-0.2, 0) is 5.41 Å². The number of rotatable bonds is 4. The molecule has 3 heterocycles. The fourth-order valence-corrected chi connectivity index (χ4v) is 3.21. The Bertz CT molecular complexity index is 959. The van der Waals surface area contributed by atoms with E-state index in [0.29, 0.717) is 23.4 Å². The molecule has 1 aliphatic rings. The minimum absolute atomic E-state index is 0.0725. The number of nitrogens with zero attached hydrogens (tertiary/aromatic N) is 3. The van der Waals surface area contributed by atoms with E-state index >= 15 is 0 Å². The summed E-state index contributed by atoms with van der Waals surface area (Å²) >= 11 is 1.43. The fourth-order valence-electron chi connectivity index (χ4n) is 2.32. The molecule has 0 spiro atoms. The van der Waals surface area contributed by atoms with Crippen molar-refractivity contribution in [2.45, 2.75) is 31.4 Å². The molecule has 1 atom stereocenters. The van der Waals surface area contributed by atoms with Gasteiger partial charge in [-0.1, -0.05) is 38.6 Å². The van der Waals surface area contributed by atoms with Crippen LogP contribution in [0.2, 0.25) is 0 Å². The molecule has 0 aromatic carbocycles. The average molecular weight is 414 g/mol. The first-order chi connectivity index (χ1) is 13.7. The van der Waals surface area contributed by atoms with Gasteiger partial charge in [0, 0.05) is 11.6 Å². The molecule has 29 heavy (non-hydrogen) atoms. The molecule has 1 unspecified atom stereocenters. The van der Waals surface area contributed by atoms with Gasteiger partial charge in [-0.3, -0.25) is 20.4 Å². The number of primary amides is 1. The number of nitrogens with one attached hydrogen (secondary N) is 2. The number of aliphatic imine (C=N–C) groups is 1. The number of urea groups is 1. The molecule has 152 valence electrons. The Hall–Kier alpha value is -3.14. The lowest BCUT2D eigenvalue weighted by Gasteiger charge is -2.12. The highest BCUT2D eigenvalue weighted by Crippen LogP contribution is 2.25. The van der Waals surface area contributed by atoms with Crippen molar-refractivity contribution in [1.29, 1.82) is 0 Å². The summed E-state index contributed by atoms with van der Waals surface area (Å²) in [5.41, 5.74) is 5.33. The minimum atomic E-state index is -0.580. The Morgan fingerprint density at radius 3 is 2.66 bits per heavy atom. The van der Waals surface area contributed by atoms with E-state index in [1.807, 2.05) is 12.2 Å². The summed E-state index contributed by atoms with van der Waals surface area (Å²) in [6.07, 6.45) is 6.80. The zero-order valence-corrected chi connectivity index (χ0v) is 17.1. The monoisotopic (exact) mass is 414 g/mol. The van der Waals surface area contributed by atoms with E-state index in [-0.39, 0.29) is 16.2 Å². The first-order valence-electron chi connectivity index (χ1n) is 8.90. The molecule has 3 amide bonds. The van der Waals surface area contributed by atoms with Crippen molar-refractivity contribution >= 4 is 40.8 Å². The van der Waals surface area contributed by atoms with Gasteiger partial charge in [-0.2, -0.15) is 0 Å². The zero-order chi connectivity index (χ0) is 21.0. The quantitative estimate of drug-likeness (QED) is 0.704. The molecular formula is C19H22N6O3S. The second-order valence-electron chi connectivity index (χ2n) is 7.35. The Morgan fingerprint density at radius 2 is 2.03 bits per heavy atom. The van der Waals surface area contributed by atoms with Crippen LogP contribution in [0, 0.1) is 0 Å². The normalized spacial score (nSPS) is 16.7. The van der Waals surface area contributed by atoms with Gasteiger partial charge in [0.25, 0.3) is 0 Å². The smallest absolute Gasteiger partial charge is 0.326 e. The first kappa shape index (κ1) is 20.6. The number of amidine groups is 1. The fraction of sp³-hybridized carbons (Fsp3) is 0.316. The third kappa shape index (κ3) is 5.67. The molecular weight excluding hydrogens is 392 g/mol. The highest BCUT2D eigenvalue weighted by molar-refractivity contribution is 8.14. The summed E-state index contributed by atoms with van der Waals surface area (Å²) in [6, 6.07) is 2.51. The average Bonchev–Trinajstić information content (AvgIpc) is 3.29. The maximum Gasteiger partial charge on any atom is 0.326 e. The van der Waals surface area contributed by atoms with Gasteiger partial charge in [0.1, 0.15) is 11.6 Å². The van der Waals surface area contributed by atoms with Crippen LogP contribution in [-0.4, -0.2) is 38.9 Å². The van der Waals surface area contributed by atoms with Gasteiger partial charge in [-0.05, 0) is 18.2 Å². The van der Waals surface area contributed by atoms with Crippen molar-refractivity contribution in [3.63, 3.8) is 0 Å². The molecule has 3 rings (SSSR count). The summed E-state index contributed by atoms with van der Waals surface area (Å²) in [4.78, 5) is 35.7. The molecule has 10 heteroatoms. The maximum atomic E-state index is 12.1. The molecule has 2 aromatic heterocycles. The summed E-state index contributed by atoms with van der Waals surface area (Å²) in [5.74, 6) is 1.08. The van der Waals surface area contributed by atoms with E-state index in [1.165, 1.54) is 30.1 Å². The molecule has 0 radical (unpaired) electrons. The Morgan fingerprint density at radius 1 is 1.24 bits per heavy atom. The Labute approximate surface area is 172 Å². The molecule has 0 fully saturated rings. The van der Waals surface area contributed by atoms with Crippen LogP contribution in [0.4, 0.5) is 10.6 Å². The first-order valence-corrected chi connectivity index (χ1v) is 9.78. The highest BCUT2D eigenvalue weighted by Gasteiger charge is 2.21. The molecule has 2 aromatic rings. The van der Waals surface area contributed by atoms with Gasteiger partial charge in [0.05, 0.1) is 23.6 Å². The van der Waals surface area contributed by atoms with E-state index in [4.69, 9.17) is 10.2 Å². The molecule has 9 nitrogen and oxygen atoms in total. The number of aromatic nitrogens is 2. The largest absolute Gasteiger partial charge is 0.441 e. The zero-order valence-electron chi connectivity index (χ0n) is 16.3. The topological polar surface area (TPSA) is 136 Å². The number of thioether (sulfide) groups is 1. The van der Waals surface area contributed by atoms with Gasteiger partial charge in [0.2, 0.25) is 11.8 Å². The molecule has 0 aliphatic carbocycles. The van der Waals surface area contributed by atoms with E-state index in [1.54, 1.807) is 6.20 Å². The number of carbonyl (C=O) groups excluding carboxylic acids is 2. The second-order valence-corrected chi connectivity index (χ2v) is 8.58. The van der Waals surface area contributed by atoms with Gasteiger partial charge in [-0.15, -0.1) is 0 Å². The van der Waals surface area contributed by atoms with E-state index in [0.717, 1.165) is 5.76 Å². The van der Waals surface area contributed by atoms with Crippen LogP contribution in [0.15, 0.2) is 40.0 Å². The van der Waals surface area contributed by atoms with Gasteiger partial charge in [0.15, 0.2) is 5.17 Å². The molecule has 1 aliphatic heterocycles. The van der Waals surface area contributed by atoms with Crippen molar-refractivity contribution < 1.29 is 14.0 Å². The summed E-state index contributed by atoms with van der Waals surface area (Å²) in [6.45, 7) is 6.72. The summed E-state index contributed by atoms with van der Waals surface area (Å²) < 4.78 is 5.73. The SMILES string of the molecule is CC(C)(C)c1cnc(/C=C/C2CN=C(NC(=O)Nc3ccc(C(N)=O)cn3)S2)o1. The molecule has 4 N–H and O–H groups in total. The molecule has 0 saturated heterocycles. The number of hydrogen-bond donors (Lipinski definition) is 3. The Balaban J connectivity index is 1.48. The third-order valence-corrected chi connectivity index (χ3v) is 4.97. The number of hydrogen-bond acceptors (Lipinski definition) is 7. The van der Waals surface area contributed by atoms with E-state index in [2.05, 4.69) is 46.4 Å². The van der Waals surface area contributed by atoms with Crippen LogP contribution in [0.3, 0.4) is 0 Å². The maximum absolute atomic E-state index is 12.1. The third-order valence-electron chi connectivity index (χ3n) is 3.90. The van der Waals surface area contributed by atoms with E-state index < -0.39 is 11.9 Å². The van der Waals surface area contributed by atoms with Crippen LogP contribution in [0.25, 0.3) is 6.08 Å². The van der Waals surface area contributed by atoms with Crippen molar-refractivity contribution in [1.82, 2.24) is 15.3 Å². The summed E-state index contributed by atoms with van der Waals surface area (Å²) in [7, 11) is 0. The number of amides is 3. The van der Waals surface area contributed by atoms with Crippen LogP contribution < -0.4 is 16.4 Å². The van der Waals surface area contributed by atoms with Crippen LogP contribution in [0.5, 0.6) is 0 Å². The standard InChI is InChI=1S/C19H22N6O3S/c1-19(2,3)13-10-22-15(28-13)7-5-12-9-23-18(29-12)25-17(27)24-14-6-4-11(8-21-14)16(20)26/h4-8,10,12H,9H2,1-3H3,(H2,20,26)(H2,21,23,24,25,27)/b7-5+. The number of nitrogens with two attached hydrogens (primary N) is 1. The number of oxazole rings is 1. The Kier molecular flexibility index (Phi) is 6.02. The number of carbonyl (C=O) groups is 2. The van der Waals surface area contributed by atoms with Crippen molar-refractivity contribution in [3.8, 4) is 0 Å². The van der Waals surface area contributed by atoms with Crippen LogP contribution in [0.1, 0.15) is 42.8 Å². The molecule has 0 bridgehead atoms. The number of anilines is 1. The van der Waals surface area contributed by atoms with Crippen LogP contribution >= 0.6 is 11.8 Å². The van der Waals surface area contributed by atoms with Crippen molar-refractivity contribution in [3.05, 3.63) is 47.8 Å². The van der Waals surface area contributed by atoms with Gasteiger partial charge < -0.3 is 10.2 Å². The van der Waals surface area contributed by atoms with Gasteiger partial charge >= 0.3 is 6.03 Å². The summed E-state index contributed by atoms with van der Waals surface area (Å²) in [5, 5.41) is 5.83. The lowest BCUT2D eigenvalue weighted by atomic mass is 9.94. The molecule has 0 saturated carbocycles. The van der Waals surface area contributed by atoms with Crippen molar-refractivity contribution in [2.75, 3.05) is 11.9 Å². The number of pyridine rings is 1. The van der Waals surface area contributed by atoms with E-state index in [9.17, 15) is 9.59 Å². The predicted molar refractivity (Wildman–Crippen MR) is 113 cm³/mol. The highest BCUT2D eigenvalue weighted by atomic mass is 32.2. The lowest BCUT2D eigenvalue weighted by Crippen LogP contribution is -2.32. The predicted octanol–water partition coefficient (Wildman–Crippen LogP) is 2.77. The lowest BCUT2D eigenvalue weighted by molar-refractivity contribution is 0.1000. The second kappa shape index (κ2) is 8.48. The van der Waals surface area contributed by atoms with Crippen molar-refractivity contribution in [2.24, 2.45) is 10.7 Å². The minimum Gasteiger partial charge on any atom is -0.441 e. The van der Waals surface area contributed by atoms with Gasteiger partial charge in [-0.25, -0.2) is 14.8 Å².